The number of nitrogens with zero attached hydrogens (tertiary/aromatic N) is 1. The summed E-state index contributed by atoms with van der Waals surface area (Å²) in [5.74, 6) is -0.548. The van der Waals surface area contributed by atoms with E-state index in [1.165, 1.54) is 31.2 Å². The molecule has 2 unspecified atom stereocenters. The van der Waals surface area contributed by atoms with Gasteiger partial charge in [-0.1, -0.05) is 54.6 Å². The lowest BCUT2D eigenvalue weighted by Crippen LogP contribution is -2.34. The van der Waals surface area contributed by atoms with E-state index in [9.17, 15) is 9.18 Å². The van der Waals surface area contributed by atoms with Gasteiger partial charge in [0.05, 0.1) is 25.3 Å². The Kier molecular flexibility index (Phi) is 9.04. The third-order valence-electron chi connectivity index (χ3n) is 6.26. The summed E-state index contributed by atoms with van der Waals surface area (Å²) in [6.45, 7) is 2.53. The number of ether oxygens (including phenoxy) is 2. The van der Waals surface area contributed by atoms with Gasteiger partial charge in [-0.3, -0.25) is 4.79 Å². The lowest BCUT2D eigenvalue weighted by atomic mass is 10.0. The molecule has 192 valence electrons. The summed E-state index contributed by atoms with van der Waals surface area (Å²) in [6.07, 6.45) is 10.3. The highest BCUT2D eigenvalue weighted by atomic mass is 32.2. The highest BCUT2D eigenvalue weighted by Gasteiger charge is 2.21. The molecule has 0 aromatic heterocycles. The van der Waals surface area contributed by atoms with E-state index < -0.39 is 0 Å². The fraction of sp³-hybridized carbons (Fsp3) is 0.233. The van der Waals surface area contributed by atoms with E-state index in [2.05, 4.69) is 33.9 Å². The summed E-state index contributed by atoms with van der Waals surface area (Å²) in [4.78, 5) is 15.4. The van der Waals surface area contributed by atoms with Crippen LogP contribution in [0.4, 0.5) is 15.8 Å². The van der Waals surface area contributed by atoms with E-state index in [0.717, 1.165) is 32.6 Å². The molecular formula is C30H31FN2O3S. The van der Waals surface area contributed by atoms with Crippen molar-refractivity contribution in [1.82, 2.24) is 0 Å². The molecule has 0 spiro atoms. The van der Waals surface area contributed by atoms with Gasteiger partial charge in [0.1, 0.15) is 5.82 Å². The van der Waals surface area contributed by atoms with Crippen molar-refractivity contribution in [2.24, 2.45) is 0 Å². The Labute approximate surface area is 221 Å². The highest BCUT2D eigenvalue weighted by molar-refractivity contribution is 8.04. The van der Waals surface area contributed by atoms with Gasteiger partial charge in [-0.2, -0.15) is 0 Å². The molecule has 5 nitrogen and oxygen atoms in total. The Morgan fingerprint density at radius 3 is 2.54 bits per heavy atom. The van der Waals surface area contributed by atoms with Crippen molar-refractivity contribution in [3.63, 3.8) is 0 Å². The lowest BCUT2D eigenvalue weighted by molar-refractivity contribution is -0.140. The number of esters is 1. The fourth-order valence-electron chi connectivity index (χ4n) is 4.23. The second-order valence-electron chi connectivity index (χ2n) is 8.78. The number of anilines is 2. The van der Waals surface area contributed by atoms with Gasteiger partial charge in [-0.25, -0.2) is 4.39 Å². The maximum absolute atomic E-state index is 13.5. The van der Waals surface area contributed by atoms with Gasteiger partial charge in [0.2, 0.25) is 0 Å². The minimum absolute atomic E-state index is 0.0338. The largest absolute Gasteiger partial charge is 0.469 e. The van der Waals surface area contributed by atoms with E-state index in [0.29, 0.717) is 6.54 Å². The third-order valence-corrected chi connectivity index (χ3v) is 7.09. The van der Waals surface area contributed by atoms with Crippen LogP contribution in [0.15, 0.2) is 95.9 Å². The van der Waals surface area contributed by atoms with Gasteiger partial charge in [0.15, 0.2) is 0 Å². The molecule has 0 saturated carbocycles. The van der Waals surface area contributed by atoms with E-state index in [1.54, 1.807) is 19.2 Å². The van der Waals surface area contributed by atoms with Crippen molar-refractivity contribution in [1.29, 1.82) is 0 Å². The normalized spacial score (nSPS) is 15.7. The average molecular weight is 519 g/mol. The van der Waals surface area contributed by atoms with Crippen molar-refractivity contribution in [2.45, 2.75) is 32.0 Å². The van der Waals surface area contributed by atoms with Gasteiger partial charge in [0, 0.05) is 41.1 Å². The number of rotatable bonds is 10. The molecule has 0 saturated heterocycles. The number of carbonyl (C=O) groups is 1. The number of fused-ring (bicyclic) bond motifs is 1. The second kappa shape index (κ2) is 12.6. The zero-order valence-corrected chi connectivity index (χ0v) is 22.0. The number of halogens is 1. The molecule has 3 aromatic rings. The quantitative estimate of drug-likeness (QED) is 0.230. The first-order valence-corrected chi connectivity index (χ1v) is 12.9. The minimum atomic E-state index is -0.275. The maximum Gasteiger partial charge on any atom is 0.307 e. The molecule has 1 N–H and O–H groups in total. The molecule has 0 heterocycles. The predicted octanol–water partition coefficient (Wildman–Crippen LogP) is 7.02. The zero-order chi connectivity index (χ0) is 26.2. The van der Waals surface area contributed by atoms with Gasteiger partial charge >= 0.3 is 5.97 Å². The smallest absolute Gasteiger partial charge is 0.307 e. The number of hydrogen-bond acceptors (Lipinski definition) is 6. The summed E-state index contributed by atoms with van der Waals surface area (Å²) >= 11 is 1.53. The minimum Gasteiger partial charge on any atom is -0.469 e. The van der Waals surface area contributed by atoms with Gasteiger partial charge in [-0.05, 0) is 60.9 Å². The van der Waals surface area contributed by atoms with E-state index in [4.69, 9.17) is 9.47 Å². The van der Waals surface area contributed by atoms with Crippen LogP contribution in [0.2, 0.25) is 0 Å². The Hall–Kier alpha value is -3.55. The fourth-order valence-corrected chi connectivity index (χ4v) is 4.93. The third kappa shape index (κ3) is 6.81. The molecule has 37 heavy (non-hydrogen) atoms. The summed E-state index contributed by atoms with van der Waals surface area (Å²) < 4.78 is 27.4. The van der Waals surface area contributed by atoms with Crippen molar-refractivity contribution in [3.05, 3.63) is 107 Å². The van der Waals surface area contributed by atoms with E-state index in [1.807, 2.05) is 49.4 Å². The van der Waals surface area contributed by atoms with Crippen LogP contribution >= 0.6 is 11.9 Å². The summed E-state index contributed by atoms with van der Waals surface area (Å²) in [5.41, 5.74) is 2.93. The van der Waals surface area contributed by atoms with Gasteiger partial charge < -0.3 is 19.1 Å². The highest BCUT2D eigenvalue weighted by Crippen LogP contribution is 2.36. The Morgan fingerprint density at radius 2 is 1.81 bits per heavy atom. The Bertz CT molecular complexity index is 1320. The summed E-state index contributed by atoms with van der Waals surface area (Å²) in [7, 11) is 3.09. The average Bonchev–Trinajstić information content (AvgIpc) is 3.16. The molecule has 0 bridgehead atoms. The molecule has 0 aliphatic heterocycles. The first-order chi connectivity index (χ1) is 18.0. The van der Waals surface area contributed by atoms with Gasteiger partial charge in [-0.15, -0.1) is 0 Å². The number of hydrogen-bond donors (Lipinski definition) is 1. The van der Waals surface area contributed by atoms with Crippen molar-refractivity contribution in [2.75, 3.05) is 23.8 Å². The predicted molar refractivity (Wildman–Crippen MR) is 151 cm³/mol. The molecule has 1 aliphatic carbocycles. The van der Waals surface area contributed by atoms with Crippen LogP contribution in [0.3, 0.4) is 0 Å². The Balaban J connectivity index is 1.65. The number of methoxy groups -OCH3 is 2. The standard InChI is InChI=1S/C30H31FN2O3S/c1-21(19-30(34)36-3)33(20-22-11-13-23(31)14-12-22)29-18-17-28(26-9-4-5-10-27(26)29)32-37-25-8-6-7-24(35-2)15-16-25/h4-18,21,24,32H,19-20H2,1-3H3. The molecule has 4 rings (SSSR count). The molecule has 0 radical (unpaired) electrons. The number of allylic oxidation sites excluding steroid dienone is 3. The van der Waals surface area contributed by atoms with Crippen LogP contribution in [0.25, 0.3) is 10.8 Å². The topological polar surface area (TPSA) is 50.8 Å². The van der Waals surface area contributed by atoms with Crippen LogP contribution in [0, 0.1) is 5.82 Å². The second-order valence-corrected chi connectivity index (χ2v) is 9.66. The lowest BCUT2D eigenvalue weighted by Gasteiger charge is -2.32. The SMILES string of the molecule is COC(=O)CC(C)N(Cc1ccc(F)cc1)c1ccc(NSC2=CC=CC(OC)C=C2)c2ccccc12. The Morgan fingerprint density at radius 1 is 1.05 bits per heavy atom. The summed E-state index contributed by atoms with van der Waals surface area (Å²) in [6, 6.07) is 18.6. The molecule has 2 atom stereocenters. The molecule has 0 amide bonds. The van der Waals surface area contributed by atoms with Crippen molar-refractivity contribution >= 4 is 40.1 Å². The van der Waals surface area contributed by atoms with Crippen LogP contribution in [0.5, 0.6) is 0 Å². The van der Waals surface area contributed by atoms with Crippen LogP contribution in [-0.2, 0) is 20.8 Å². The summed E-state index contributed by atoms with van der Waals surface area (Å²) in [5, 5.41) is 2.11. The molecule has 1 aliphatic rings. The maximum atomic E-state index is 13.5. The molecular weight excluding hydrogens is 487 g/mol. The van der Waals surface area contributed by atoms with Crippen molar-refractivity contribution < 1.29 is 18.7 Å². The van der Waals surface area contributed by atoms with Crippen molar-refractivity contribution in [3.8, 4) is 0 Å². The first-order valence-electron chi connectivity index (χ1n) is 12.1. The number of carbonyl (C=O) groups excluding carboxylic acids is 1. The van der Waals surface area contributed by atoms with Crippen LogP contribution in [-0.4, -0.2) is 32.3 Å². The zero-order valence-electron chi connectivity index (χ0n) is 21.2. The van der Waals surface area contributed by atoms with Gasteiger partial charge in [0.25, 0.3) is 0 Å². The van der Waals surface area contributed by atoms with E-state index in [-0.39, 0.29) is 30.4 Å². The first kappa shape index (κ1) is 26.5. The van der Waals surface area contributed by atoms with E-state index >= 15 is 0 Å². The molecule has 3 aromatic carbocycles. The number of benzene rings is 3. The monoisotopic (exact) mass is 518 g/mol. The molecule has 0 fully saturated rings. The van der Waals surface area contributed by atoms with Crippen LogP contribution in [0.1, 0.15) is 18.9 Å². The van der Waals surface area contributed by atoms with Crippen LogP contribution < -0.4 is 9.62 Å². The number of nitrogens with one attached hydrogen (secondary N) is 1. The molecule has 7 heteroatoms.